The lowest BCUT2D eigenvalue weighted by Gasteiger charge is -2.46. The first kappa shape index (κ1) is 18.9. The number of amides is 2. The Kier molecular flexibility index (Phi) is 5.57. The standard InChI is InChI=1S/C22H25F2N3O/c23-16-6-4-15(5-7-16)14-27-20-2-1-3-21(27)13-19(12-20)26-22(28)25-18-10-8-17(24)9-11-18/h4-11,19-21H,1-3,12-14H2,(H2,25,26,28)/p+1/t19?,20-,21+. The molecule has 0 aromatic heterocycles. The number of fused-ring (bicyclic) bond motifs is 2. The van der Waals surface area contributed by atoms with E-state index >= 15 is 0 Å². The molecule has 2 heterocycles. The van der Waals surface area contributed by atoms with Crippen molar-refractivity contribution in [1.29, 1.82) is 0 Å². The number of benzene rings is 2. The molecule has 2 saturated heterocycles. The van der Waals surface area contributed by atoms with E-state index in [-0.39, 0.29) is 23.7 Å². The van der Waals surface area contributed by atoms with Crippen molar-refractivity contribution in [2.24, 2.45) is 0 Å². The topological polar surface area (TPSA) is 45.6 Å². The van der Waals surface area contributed by atoms with Gasteiger partial charge in [0.1, 0.15) is 18.2 Å². The molecule has 2 aliphatic heterocycles. The minimum Gasteiger partial charge on any atom is -0.335 e. The van der Waals surface area contributed by atoms with Crippen LogP contribution in [0.25, 0.3) is 0 Å². The summed E-state index contributed by atoms with van der Waals surface area (Å²) in [5.41, 5.74) is 1.74. The molecule has 2 bridgehead atoms. The van der Waals surface area contributed by atoms with Gasteiger partial charge in [-0.3, -0.25) is 0 Å². The third kappa shape index (κ3) is 4.50. The van der Waals surface area contributed by atoms with E-state index in [0.29, 0.717) is 17.8 Å². The molecule has 2 aliphatic rings. The van der Waals surface area contributed by atoms with Gasteiger partial charge in [0, 0.05) is 30.1 Å². The third-order valence-corrected chi connectivity index (χ3v) is 6.05. The molecule has 2 amide bonds. The Labute approximate surface area is 163 Å². The van der Waals surface area contributed by atoms with E-state index in [0.717, 1.165) is 37.8 Å². The van der Waals surface area contributed by atoms with Crippen molar-refractivity contribution in [2.45, 2.75) is 56.8 Å². The molecule has 148 valence electrons. The van der Waals surface area contributed by atoms with Crippen molar-refractivity contribution < 1.29 is 18.5 Å². The summed E-state index contributed by atoms with van der Waals surface area (Å²) in [7, 11) is 0. The summed E-state index contributed by atoms with van der Waals surface area (Å²) in [5, 5.41) is 5.88. The molecule has 4 nitrogen and oxygen atoms in total. The monoisotopic (exact) mass is 386 g/mol. The smallest absolute Gasteiger partial charge is 0.319 e. The van der Waals surface area contributed by atoms with Gasteiger partial charge in [-0.25, -0.2) is 13.6 Å². The van der Waals surface area contributed by atoms with E-state index in [1.165, 1.54) is 30.7 Å². The molecule has 4 atom stereocenters. The molecule has 3 N–H and O–H groups in total. The highest BCUT2D eigenvalue weighted by molar-refractivity contribution is 5.89. The van der Waals surface area contributed by atoms with Crippen LogP contribution in [0.4, 0.5) is 19.3 Å². The van der Waals surface area contributed by atoms with Crippen LogP contribution in [0.15, 0.2) is 48.5 Å². The number of carbonyl (C=O) groups excluding carboxylic acids is 1. The van der Waals surface area contributed by atoms with E-state index in [9.17, 15) is 13.6 Å². The first-order valence-electron chi connectivity index (χ1n) is 10.00. The van der Waals surface area contributed by atoms with Crippen LogP contribution in [0.5, 0.6) is 0 Å². The summed E-state index contributed by atoms with van der Waals surface area (Å²) in [6.45, 7) is 0.907. The van der Waals surface area contributed by atoms with Crippen LogP contribution in [0, 0.1) is 11.6 Å². The molecule has 2 unspecified atom stereocenters. The minimum atomic E-state index is -0.324. The van der Waals surface area contributed by atoms with Crippen LogP contribution in [-0.4, -0.2) is 24.2 Å². The van der Waals surface area contributed by atoms with Gasteiger partial charge in [-0.1, -0.05) is 12.1 Å². The number of hydrogen-bond acceptors (Lipinski definition) is 1. The fourth-order valence-electron chi connectivity index (χ4n) is 4.77. The molecule has 0 spiro atoms. The number of anilines is 1. The Bertz CT molecular complexity index is 796. The van der Waals surface area contributed by atoms with Crippen molar-refractivity contribution in [2.75, 3.05) is 5.32 Å². The second-order valence-electron chi connectivity index (χ2n) is 7.98. The van der Waals surface area contributed by atoms with E-state index in [4.69, 9.17) is 0 Å². The quantitative estimate of drug-likeness (QED) is 0.742. The number of rotatable bonds is 4. The Morgan fingerprint density at radius 1 is 0.929 bits per heavy atom. The van der Waals surface area contributed by atoms with Crippen molar-refractivity contribution in [3.63, 3.8) is 0 Å². The van der Waals surface area contributed by atoms with Crippen molar-refractivity contribution >= 4 is 11.7 Å². The lowest BCUT2D eigenvalue weighted by atomic mass is 9.81. The summed E-state index contributed by atoms with van der Waals surface area (Å²) in [5.74, 6) is -0.524. The fraction of sp³-hybridized carbons (Fsp3) is 0.409. The number of hydrogen-bond donors (Lipinski definition) is 3. The van der Waals surface area contributed by atoms with Gasteiger partial charge in [0.2, 0.25) is 0 Å². The number of carbonyl (C=O) groups is 1. The van der Waals surface area contributed by atoms with Gasteiger partial charge < -0.3 is 15.5 Å². The fourth-order valence-corrected chi connectivity index (χ4v) is 4.77. The zero-order valence-corrected chi connectivity index (χ0v) is 15.8. The normalized spacial score (nSPS) is 26.5. The SMILES string of the molecule is O=C(Nc1ccc(F)cc1)NC1C[C@H]2CCC[C@@H](C1)[NH+]2Cc1ccc(F)cc1. The van der Waals surface area contributed by atoms with Crippen LogP contribution < -0.4 is 15.5 Å². The van der Waals surface area contributed by atoms with Gasteiger partial charge >= 0.3 is 6.03 Å². The van der Waals surface area contributed by atoms with Crippen LogP contribution >= 0.6 is 0 Å². The lowest BCUT2D eigenvalue weighted by Crippen LogP contribution is -3.20. The maximum absolute atomic E-state index is 13.2. The minimum absolute atomic E-state index is 0.146. The molecular formula is C22H26F2N3O+. The highest BCUT2D eigenvalue weighted by atomic mass is 19.1. The highest BCUT2D eigenvalue weighted by Crippen LogP contribution is 2.23. The van der Waals surface area contributed by atoms with Crippen molar-refractivity contribution in [1.82, 2.24) is 5.32 Å². The summed E-state index contributed by atoms with van der Waals surface area (Å²) < 4.78 is 26.2. The van der Waals surface area contributed by atoms with E-state index < -0.39 is 0 Å². The Balaban J connectivity index is 1.35. The molecule has 2 fully saturated rings. The van der Waals surface area contributed by atoms with E-state index in [1.807, 2.05) is 12.1 Å². The van der Waals surface area contributed by atoms with E-state index in [2.05, 4.69) is 10.6 Å². The molecule has 2 aromatic carbocycles. The number of urea groups is 1. The molecule has 2 aromatic rings. The largest absolute Gasteiger partial charge is 0.335 e. The van der Waals surface area contributed by atoms with Crippen LogP contribution in [0.2, 0.25) is 0 Å². The zero-order chi connectivity index (χ0) is 19.5. The first-order chi connectivity index (χ1) is 13.6. The molecule has 0 saturated carbocycles. The van der Waals surface area contributed by atoms with Gasteiger partial charge in [-0.15, -0.1) is 0 Å². The van der Waals surface area contributed by atoms with Gasteiger partial charge in [-0.2, -0.15) is 0 Å². The number of halogens is 2. The summed E-state index contributed by atoms with van der Waals surface area (Å²) in [4.78, 5) is 13.9. The van der Waals surface area contributed by atoms with Crippen LogP contribution in [0.1, 0.15) is 37.7 Å². The highest BCUT2D eigenvalue weighted by Gasteiger charge is 2.42. The number of piperidine rings is 2. The molecular weight excluding hydrogens is 360 g/mol. The zero-order valence-electron chi connectivity index (χ0n) is 15.8. The van der Waals surface area contributed by atoms with Crippen molar-refractivity contribution in [3.05, 3.63) is 65.7 Å². The van der Waals surface area contributed by atoms with E-state index in [1.54, 1.807) is 17.0 Å². The van der Waals surface area contributed by atoms with Crippen molar-refractivity contribution in [3.8, 4) is 0 Å². The predicted octanol–water partition coefficient (Wildman–Crippen LogP) is 3.25. The Morgan fingerprint density at radius 2 is 1.50 bits per heavy atom. The maximum atomic E-state index is 13.2. The second kappa shape index (κ2) is 8.27. The average Bonchev–Trinajstić information content (AvgIpc) is 2.66. The van der Waals surface area contributed by atoms with Gasteiger partial charge in [0.15, 0.2) is 0 Å². The molecule has 6 heteroatoms. The van der Waals surface area contributed by atoms with Gasteiger partial charge in [0.05, 0.1) is 12.1 Å². The second-order valence-corrected chi connectivity index (χ2v) is 7.98. The van der Waals surface area contributed by atoms with Crippen LogP contribution in [0.3, 0.4) is 0 Å². The lowest BCUT2D eigenvalue weighted by molar-refractivity contribution is -0.973. The number of quaternary nitrogens is 1. The molecule has 28 heavy (non-hydrogen) atoms. The average molecular weight is 386 g/mol. The Hall–Kier alpha value is -2.47. The molecule has 0 radical (unpaired) electrons. The maximum Gasteiger partial charge on any atom is 0.319 e. The van der Waals surface area contributed by atoms with Crippen LogP contribution in [-0.2, 0) is 6.54 Å². The first-order valence-corrected chi connectivity index (χ1v) is 10.00. The molecule has 4 rings (SSSR count). The molecule has 0 aliphatic carbocycles. The van der Waals surface area contributed by atoms with Gasteiger partial charge in [-0.05, 0) is 55.7 Å². The predicted molar refractivity (Wildman–Crippen MR) is 104 cm³/mol. The Morgan fingerprint density at radius 3 is 2.11 bits per heavy atom. The third-order valence-electron chi connectivity index (χ3n) is 6.05. The number of nitrogens with one attached hydrogen (secondary N) is 3. The van der Waals surface area contributed by atoms with Gasteiger partial charge in [0.25, 0.3) is 0 Å². The summed E-state index contributed by atoms with van der Waals surface area (Å²) >= 11 is 0. The summed E-state index contributed by atoms with van der Waals surface area (Å²) in [6, 6.07) is 13.5. The summed E-state index contributed by atoms with van der Waals surface area (Å²) in [6.07, 6.45) is 5.44.